The molecule has 0 aliphatic carbocycles. The number of anilines is 3. The van der Waals surface area contributed by atoms with Gasteiger partial charge < -0.3 is 10.6 Å². The van der Waals surface area contributed by atoms with Crippen LogP contribution in [0.25, 0.3) is 0 Å². The van der Waals surface area contributed by atoms with Crippen LogP contribution in [0.1, 0.15) is 27.0 Å². The molecule has 0 aliphatic heterocycles. The Morgan fingerprint density at radius 1 is 0.920 bits per heavy atom. The third-order valence-corrected chi connectivity index (χ3v) is 4.16. The van der Waals surface area contributed by atoms with Gasteiger partial charge in [0, 0.05) is 17.6 Å². The standard InChI is InChI=1S/C21H21N3O/c1-14-6-4-8-18(10-14)23-19-11-17(12-22-13-19)21(25)24-20-9-5-7-15(2)16(20)3/h4-13,23H,1-3H3,(H,24,25). The van der Waals surface area contributed by atoms with E-state index in [1.165, 1.54) is 5.56 Å². The number of amides is 1. The minimum Gasteiger partial charge on any atom is -0.354 e. The Bertz CT molecular complexity index is 919. The van der Waals surface area contributed by atoms with E-state index in [0.29, 0.717) is 5.56 Å². The summed E-state index contributed by atoms with van der Waals surface area (Å²) in [5.74, 6) is -0.172. The molecule has 4 heteroatoms. The minimum absolute atomic E-state index is 0.172. The lowest BCUT2D eigenvalue weighted by Gasteiger charge is -2.11. The fourth-order valence-electron chi connectivity index (χ4n) is 2.60. The van der Waals surface area contributed by atoms with Crippen LogP contribution in [-0.4, -0.2) is 10.9 Å². The van der Waals surface area contributed by atoms with Gasteiger partial charge in [-0.2, -0.15) is 0 Å². The van der Waals surface area contributed by atoms with Crippen molar-refractivity contribution in [1.29, 1.82) is 0 Å². The molecule has 126 valence electrons. The summed E-state index contributed by atoms with van der Waals surface area (Å²) in [4.78, 5) is 16.7. The highest BCUT2D eigenvalue weighted by molar-refractivity contribution is 6.05. The van der Waals surface area contributed by atoms with E-state index in [0.717, 1.165) is 28.2 Å². The van der Waals surface area contributed by atoms with Crippen LogP contribution in [0.3, 0.4) is 0 Å². The third-order valence-electron chi connectivity index (χ3n) is 4.16. The number of nitrogens with zero attached hydrogens (tertiary/aromatic N) is 1. The van der Waals surface area contributed by atoms with Gasteiger partial charge in [0.05, 0.1) is 17.4 Å². The number of hydrogen-bond donors (Lipinski definition) is 2. The number of benzene rings is 2. The molecular formula is C21H21N3O. The number of carbonyl (C=O) groups is 1. The van der Waals surface area contributed by atoms with Crippen molar-refractivity contribution in [2.24, 2.45) is 0 Å². The summed E-state index contributed by atoms with van der Waals surface area (Å²) in [6.07, 6.45) is 3.28. The van der Waals surface area contributed by atoms with Gasteiger partial charge in [-0.3, -0.25) is 9.78 Å². The number of aromatic nitrogens is 1. The zero-order valence-electron chi connectivity index (χ0n) is 14.6. The largest absolute Gasteiger partial charge is 0.354 e. The Labute approximate surface area is 147 Å². The molecule has 0 aliphatic rings. The van der Waals surface area contributed by atoms with Crippen LogP contribution >= 0.6 is 0 Å². The van der Waals surface area contributed by atoms with Gasteiger partial charge in [-0.25, -0.2) is 0 Å². The van der Waals surface area contributed by atoms with Gasteiger partial charge in [0.2, 0.25) is 0 Å². The molecule has 1 heterocycles. The first-order chi connectivity index (χ1) is 12.0. The molecule has 0 saturated carbocycles. The summed E-state index contributed by atoms with van der Waals surface area (Å²) in [6.45, 7) is 6.06. The highest BCUT2D eigenvalue weighted by Crippen LogP contribution is 2.21. The average molecular weight is 331 g/mol. The fraction of sp³-hybridized carbons (Fsp3) is 0.143. The minimum atomic E-state index is -0.172. The molecule has 3 rings (SSSR count). The lowest BCUT2D eigenvalue weighted by molar-refractivity contribution is 0.102. The smallest absolute Gasteiger partial charge is 0.257 e. The molecule has 3 aromatic rings. The Morgan fingerprint density at radius 3 is 2.52 bits per heavy atom. The molecule has 0 fully saturated rings. The summed E-state index contributed by atoms with van der Waals surface area (Å²) in [7, 11) is 0. The molecule has 4 nitrogen and oxygen atoms in total. The molecule has 25 heavy (non-hydrogen) atoms. The van der Waals surface area contributed by atoms with E-state index >= 15 is 0 Å². The number of hydrogen-bond acceptors (Lipinski definition) is 3. The number of nitrogens with one attached hydrogen (secondary N) is 2. The van der Waals surface area contributed by atoms with Gasteiger partial charge in [-0.15, -0.1) is 0 Å². The van der Waals surface area contributed by atoms with Crippen LogP contribution in [0.5, 0.6) is 0 Å². The Morgan fingerprint density at radius 2 is 1.72 bits per heavy atom. The third kappa shape index (κ3) is 4.04. The first-order valence-electron chi connectivity index (χ1n) is 8.19. The number of rotatable bonds is 4. The molecule has 0 radical (unpaired) electrons. The molecule has 1 aromatic heterocycles. The number of pyridine rings is 1. The van der Waals surface area contributed by atoms with Gasteiger partial charge in [-0.1, -0.05) is 24.3 Å². The average Bonchev–Trinajstić information content (AvgIpc) is 2.59. The highest BCUT2D eigenvalue weighted by atomic mass is 16.1. The Hall–Kier alpha value is -3.14. The maximum absolute atomic E-state index is 12.6. The molecule has 0 bridgehead atoms. The predicted octanol–water partition coefficient (Wildman–Crippen LogP) is 5.00. The molecule has 0 saturated heterocycles. The van der Waals surface area contributed by atoms with Gasteiger partial charge in [0.25, 0.3) is 5.91 Å². The van der Waals surface area contributed by atoms with Gasteiger partial charge >= 0.3 is 0 Å². The molecule has 0 atom stereocenters. The molecule has 1 amide bonds. The predicted molar refractivity (Wildman–Crippen MR) is 103 cm³/mol. The van der Waals surface area contributed by atoms with Crippen molar-refractivity contribution in [3.8, 4) is 0 Å². The molecule has 0 unspecified atom stereocenters. The molecule has 0 spiro atoms. The van der Waals surface area contributed by atoms with Crippen molar-refractivity contribution in [1.82, 2.24) is 4.98 Å². The quantitative estimate of drug-likeness (QED) is 0.707. The maximum Gasteiger partial charge on any atom is 0.257 e. The van der Waals surface area contributed by atoms with Crippen LogP contribution in [0.2, 0.25) is 0 Å². The maximum atomic E-state index is 12.6. The molecular weight excluding hydrogens is 310 g/mol. The van der Waals surface area contributed by atoms with Crippen molar-refractivity contribution < 1.29 is 4.79 Å². The molecule has 2 N–H and O–H groups in total. The SMILES string of the molecule is Cc1cccc(Nc2cncc(C(=O)Nc3cccc(C)c3C)c2)c1. The summed E-state index contributed by atoms with van der Waals surface area (Å²) < 4.78 is 0. The van der Waals surface area contributed by atoms with Gasteiger partial charge in [0.15, 0.2) is 0 Å². The van der Waals surface area contributed by atoms with Crippen LogP contribution < -0.4 is 10.6 Å². The van der Waals surface area contributed by atoms with Gasteiger partial charge in [-0.05, 0) is 61.7 Å². The summed E-state index contributed by atoms with van der Waals surface area (Å²) >= 11 is 0. The Balaban J connectivity index is 1.78. The van der Waals surface area contributed by atoms with Crippen LogP contribution in [0.15, 0.2) is 60.9 Å². The lowest BCUT2D eigenvalue weighted by Crippen LogP contribution is -2.13. The molecule has 2 aromatic carbocycles. The highest BCUT2D eigenvalue weighted by Gasteiger charge is 2.10. The number of aryl methyl sites for hydroxylation is 2. The van der Waals surface area contributed by atoms with E-state index < -0.39 is 0 Å². The zero-order valence-corrected chi connectivity index (χ0v) is 14.6. The summed E-state index contributed by atoms with van der Waals surface area (Å²) in [6, 6.07) is 15.7. The van der Waals surface area contributed by atoms with Crippen molar-refractivity contribution in [3.05, 3.63) is 83.2 Å². The van der Waals surface area contributed by atoms with Gasteiger partial charge in [0.1, 0.15) is 0 Å². The van der Waals surface area contributed by atoms with Crippen LogP contribution in [0.4, 0.5) is 17.1 Å². The summed E-state index contributed by atoms with van der Waals surface area (Å²) in [5.41, 5.74) is 6.46. The summed E-state index contributed by atoms with van der Waals surface area (Å²) in [5, 5.41) is 6.24. The van der Waals surface area contributed by atoms with E-state index in [9.17, 15) is 4.79 Å². The zero-order chi connectivity index (χ0) is 17.8. The first-order valence-corrected chi connectivity index (χ1v) is 8.19. The Kier molecular flexibility index (Phi) is 4.80. The van der Waals surface area contributed by atoms with Crippen LogP contribution in [-0.2, 0) is 0 Å². The fourth-order valence-corrected chi connectivity index (χ4v) is 2.60. The monoisotopic (exact) mass is 331 g/mol. The van der Waals surface area contributed by atoms with E-state index in [4.69, 9.17) is 0 Å². The normalized spacial score (nSPS) is 10.4. The lowest BCUT2D eigenvalue weighted by atomic mass is 10.1. The topological polar surface area (TPSA) is 54.0 Å². The van der Waals surface area contributed by atoms with Crippen molar-refractivity contribution in [2.45, 2.75) is 20.8 Å². The van der Waals surface area contributed by atoms with E-state index in [1.54, 1.807) is 18.5 Å². The van der Waals surface area contributed by atoms with E-state index in [2.05, 4.69) is 15.6 Å². The van der Waals surface area contributed by atoms with Crippen molar-refractivity contribution in [3.63, 3.8) is 0 Å². The second-order valence-corrected chi connectivity index (χ2v) is 6.16. The van der Waals surface area contributed by atoms with Crippen LogP contribution in [0, 0.1) is 20.8 Å². The first kappa shape index (κ1) is 16.7. The van der Waals surface area contributed by atoms with Crippen molar-refractivity contribution >= 4 is 23.0 Å². The number of carbonyl (C=O) groups excluding carboxylic acids is 1. The van der Waals surface area contributed by atoms with E-state index in [-0.39, 0.29) is 5.91 Å². The van der Waals surface area contributed by atoms with E-state index in [1.807, 2.05) is 63.2 Å². The second kappa shape index (κ2) is 7.18. The van der Waals surface area contributed by atoms with Crippen molar-refractivity contribution in [2.75, 3.05) is 10.6 Å². The second-order valence-electron chi connectivity index (χ2n) is 6.16.